The highest BCUT2D eigenvalue weighted by atomic mass is 32.2. The van der Waals surface area contributed by atoms with Gasteiger partial charge in [0.1, 0.15) is 0 Å². The number of amidine groups is 2. The third-order valence-corrected chi connectivity index (χ3v) is 5.29. The second-order valence-corrected chi connectivity index (χ2v) is 7.53. The van der Waals surface area contributed by atoms with E-state index in [1.165, 1.54) is 23.5 Å². The van der Waals surface area contributed by atoms with E-state index in [-0.39, 0.29) is 10.4 Å². The minimum Gasteiger partial charge on any atom is -0.378 e. The molecule has 1 aliphatic rings. The van der Waals surface area contributed by atoms with E-state index >= 15 is 0 Å². The van der Waals surface area contributed by atoms with Crippen LogP contribution in [0.4, 0.5) is 5.69 Å². The smallest absolute Gasteiger partial charge is 0.191 e. The van der Waals surface area contributed by atoms with Gasteiger partial charge in [0.15, 0.2) is 16.1 Å². The maximum Gasteiger partial charge on any atom is 0.191 e. The summed E-state index contributed by atoms with van der Waals surface area (Å²) in [6.07, 6.45) is 0.392. The number of ketones is 1. The van der Waals surface area contributed by atoms with E-state index in [9.17, 15) is 4.79 Å². The molecule has 1 unspecified atom stereocenters. The van der Waals surface area contributed by atoms with Crippen molar-refractivity contribution in [3.63, 3.8) is 0 Å². The lowest BCUT2D eigenvalue weighted by molar-refractivity contribution is 0.0987. The molecule has 6 heteroatoms. The molecule has 0 spiro atoms. The van der Waals surface area contributed by atoms with Crippen molar-refractivity contribution in [3.8, 4) is 0 Å². The maximum atomic E-state index is 12.3. The van der Waals surface area contributed by atoms with Crippen LogP contribution in [0, 0.1) is 0 Å². The molecule has 3 rings (SSSR count). The first-order valence-electron chi connectivity index (χ1n) is 7.10. The van der Waals surface area contributed by atoms with Crippen molar-refractivity contribution < 1.29 is 4.79 Å². The fourth-order valence-corrected chi connectivity index (χ4v) is 4.29. The average Bonchev–Trinajstić information content (AvgIpc) is 2.56. The van der Waals surface area contributed by atoms with Gasteiger partial charge in [-0.15, -0.1) is 0 Å². The Kier molecular flexibility index (Phi) is 5.15. The molecule has 1 aliphatic heterocycles. The maximum absolute atomic E-state index is 12.3. The number of carbonyl (C=O) groups excluding carboxylic acids is 1. The molecule has 0 radical (unpaired) electrons. The van der Waals surface area contributed by atoms with Gasteiger partial charge in [-0.25, -0.2) is 4.99 Å². The zero-order valence-electron chi connectivity index (χ0n) is 12.3. The molecule has 0 aliphatic carbocycles. The Labute approximate surface area is 143 Å². The van der Waals surface area contributed by atoms with E-state index in [1.807, 2.05) is 60.7 Å². The summed E-state index contributed by atoms with van der Waals surface area (Å²) in [4.78, 5) is 21.1. The number of nitrogens with zero attached hydrogens (tertiary/aromatic N) is 2. The molecular weight excluding hydrogens is 326 g/mol. The normalized spacial score (nSPS) is 19.4. The quantitative estimate of drug-likeness (QED) is 0.851. The van der Waals surface area contributed by atoms with Crippen molar-refractivity contribution >= 4 is 45.3 Å². The number of para-hydroxylation sites is 1. The van der Waals surface area contributed by atoms with Crippen molar-refractivity contribution in [2.24, 2.45) is 15.7 Å². The zero-order chi connectivity index (χ0) is 16.1. The molecule has 2 aromatic carbocycles. The number of benzene rings is 2. The van der Waals surface area contributed by atoms with Gasteiger partial charge >= 0.3 is 0 Å². The number of hydrogen-bond acceptors (Lipinski definition) is 5. The highest BCUT2D eigenvalue weighted by Crippen LogP contribution is 2.34. The van der Waals surface area contributed by atoms with Gasteiger partial charge in [-0.3, -0.25) is 4.79 Å². The topological polar surface area (TPSA) is 67.8 Å². The predicted octanol–water partition coefficient (Wildman–Crippen LogP) is 4.07. The summed E-state index contributed by atoms with van der Waals surface area (Å²) in [6.45, 7) is 0. The first kappa shape index (κ1) is 15.8. The van der Waals surface area contributed by atoms with Crippen molar-refractivity contribution in [2.45, 2.75) is 11.0 Å². The Bertz CT molecular complexity index is 745. The van der Waals surface area contributed by atoms with Crippen LogP contribution in [0.5, 0.6) is 0 Å². The van der Waals surface area contributed by atoms with Crippen LogP contribution in [0.3, 0.4) is 0 Å². The standard InChI is InChI=1S/C17H15N3OS2/c18-16-20-17(19-13-9-5-2-6-10-13)23-15(22-16)11-14(21)12-7-3-1-4-8-12/h1-10,15H,11H2,(H2,18,19,20). The lowest BCUT2D eigenvalue weighted by atomic mass is 10.1. The third-order valence-electron chi connectivity index (χ3n) is 3.12. The molecular formula is C17H15N3OS2. The van der Waals surface area contributed by atoms with E-state index < -0.39 is 0 Å². The average molecular weight is 341 g/mol. The Hall–Kier alpha value is -2.05. The largest absolute Gasteiger partial charge is 0.378 e. The van der Waals surface area contributed by atoms with Crippen LogP contribution >= 0.6 is 23.5 Å². The van der Waals surface area contributed by atoms with E-state index in [1.54, 1.807) is 0 Å². The number of carbonyl (C=O) groups is 1. The van der Waals surface area contributed by atoms with Crippen molar-refractivity contribution in [1.82, 2.24) is 0 Å². The molecule has 116 valence electrons. The SMILES string of the molecule is NC1=NC(=Nc2ccccc2)SC(CC(=O)c2ccccc2)S1. The molecule has 23 heavy (non-hydrogen) atoms. The van der Waals surface area contributed by atoms with Gasteiger partial charge in [0, 0.05) is 12.0 Å². The van der Waals surface area contributed by atoms with E-state index in [2.05, 4.69) is 9.98 Å². The van der Waals surface area contributed by atoms with Crippen molar-refractivity contribution in [2.75, 3.05) is 0 Å². The second kappa shape index (κ2) is 7.48. The molecule has 0 fully saturated rings. The van der Waals surface area contributed by atoms with Crippen molar-refractivity contribution in [1.29, 1.82) is 0 Å². The number of Topliss-reactive ketones (excluding diaryl/α,β-unsaturated/α-hetero) is 1. The van der Waals surface area contributed by atoms with E-state index in [4.69, 9.17) is 5.73 Å². The first-order chi connectivity index (χ1) is 11.2. The Balaban J connectivity index is 1.72. The number of hydrogen-bond donors (Lipinski definition) is 1. The molecule has 2 N–H and O–H groups in total. The Morgan fingerprint density at radius 1 is 1.04 bits per heavy atom. The summed E-state index contributed by atoms with van der Waals surface area (Å²) in [7, 11) is 0. The Morgan fingerprint density at radius 2 is 1.70 bits per heavy atom. The van der Waals surface area contributed by atoms with Crippen LogP contribution in [0.25, 0.3) is 0 Å². The van der Waals surface area contributed by atoms with Crippen molar-refractivity contribution in [3.05, 3.63) is 66.2 Å². The van der Waals surface area contributed by atoms with Gasteiger partial charge in [0.25, 0.3) is 0 Å². The van der Waals surface area contributed by atoms with Crippen LogP contribution in [0.1, 0.15) is 16.8 Å². The summed E-state index contributed by atoms with van der Waals surface area (Å²) in [6, 6.07) is 18.9. The number of aliphatic imine (C=N–C) groups is 2. The van der Waals surface area contributed by atoms with Crippen LogP contribution < -0.4 is 5.73 Å². The molecule has 0 amide bonds. The van der Waals surface area contributed by atoms with E-state index in [0.717, 1.165) is 11.3 Å². The van der Waals surface area contributed by atoms with Crippen LogP contribution in [0.2, 0.25) is 0 Å². The summed E-state index contributed by atoms with van der Waals surface area (Å²) >= 11 is 2.89. The third kappa shape index (κ3) is 4.46. The van der Waals surface area contributed by atoms with Gasteiger partial charge in [-0.05, 0) is 12.1 Å². The van der Waals surface area contributed by atoms with Crippen LogP contribution in [-0.2, 0) is 0 Å². The second-order valence-electron chi connectivity index (χ2n) is 4.84. The van der Waals surface area contributed by atoms with Crippen LogP contribution in [0.15, 0.2) is 70.6 Å². The van der Waals surface area contributed by atoms with Gasteiger partial charge in [-0.1, -0.05) is 72.1 Å². The lowest BCUT2D eigenvalue weighted by Gasteiger charge is -2.19. The van der Waals surface area contributed by atoms with Gasteiger partial charge in [-0.2, -0.15) is 4.99 Å². The van der Waals surface area contributed by atoms with Crippen LogP contribution in [-0.4, -0.2) is 20.7 Å². The molecule has 4 nitrogen and oxygen atoms in total. The molecule has 0 saturated heterocycles. The summed E-state index contributed by atoms with van der Waals surface area (Å²) in [5, 5.41) is 1.04. The van der Waals surface area contributed by atoms with Gasteiger partial charge in [0.05, 0.1) is 10.3 Å². The number of nitrogens with two attached hydrogens (primary N) is 1. The predicted molar refractivity (Wildman–Crippen MR) is 99.5 cm³/mol. The molecule has 1 heterocycles. The fraction of sp³-hybridized carbons (Fsp3) is 0.118. The van der Waals surface area contributed by atoms with E-state index in [0.29, 0.717) is 16.8 Å². The fourth-order valence-electron chi connectivity index (χ4n) is 2.06. The summed E-state index contributed by atoms with van der Waals surface area (Å²) < 4.78 is -0.0114. The monoisotopic (exact) mass is 341 g/mol. The molecule has 2 aromatic rings. The number of thioether (sulfide) groups is 2. The molecule has 1 atom stereocenters. The summed E-state index contributed by atoms with van der Waals surface area (Å²) in [5.74, 6) is 0.101. The highest BCUT2D eigenvalue weighted by molar-refractivity contribution is 8.31. The number of rotatable bonds is 4. The minimum atomic E-state index is -0.0114. The zero-order valence-corrected chi connectivity index (χ0v) is 13.9. The minimum absolute atomic E-state index is 0.0114. The van der Waals surface area contributed by atoms with Gasteiger partial charge in [0.2, 0.25) is 0 Å². The summed E-state index contributed by atoms with van der Waals surface area (Å²) in [5.41, 5.74) is 7.44. The molecule has 0 aromatic heterocycles. The Morgan fingerprint density at radius 3 is 2.39 bits per heavy atom. The molecule has 0 saturated carbocycles. The van der Waals surface area contributed by atoms with Gasteiger partial charge < -0.3 is 5.73 Å². The first-order valence-corrected chi connectivity index (χ1v) is 8.86. The highest BCUT2D eigenvalue weighted by Gasteiger charge is 2.24. The molecule has 0 bridgehead atoms. The lowest BCUT2D eigenvalue weighted by Crippen LogP contribution is -2.21.